The van der Waals surface area contributed by atoms with Crippen molar-refractivity contribution in [3.63, 3.8) is 0 Å². The van der Waals surface area contributed by atoms with Crippen LogP contribution in [0.2, 0.25) is 0 Å². The zero-order chi connectivity index (χ0) is 24.9. The summed E-state index contributed by atoms with van der Waals surface area (Å²) in [5.74, 6) is -1.16. The highest BCUT2D eigenvalue weighted by atomic mass is 16.7. The molecule has 0 radical (unpaired) electrons. The topological polar surface area (TPSA) is 110 Å². The Bertz CT molecular complexity index is 978. The molecule has 0 aromatic heterocycles. The summed E-state index contributed by atoms with van der Waals surface area (Å²) in [5.41, 5.74) is 0.953. The number of amides is 1. The van der Waals surface area contributed by atoms with Crippen molar-refractivity contribution in [2.24, 2.45) is 5.92 Å². The lowest BCUT2D eigenvalue weighted by molar-refractivity contribution is -0.146. The van der Waals surface area contributed by atoms with Crippen LogP contribution in [0.25, 0.3) is 0 Å². The Kier molecular flexibility index (Phi) is 10.4. The van der Waals surface area contributed by atoms with Crippen molar-refractivity contribution in [3.8, 4) is 6.07 Å². The van der Waals surface area contributed by atoms with Gasteiger partial charge in [-0.3, -0.25) is 4.79 Å². The Balaban J connectivity index is 1.55. The van der Waals surface area contributed by atoms with E-state index in [1.807, 2.05) is 60.7 Å². The van der Waals surface area contributed by atoms with Gasteiger partial charge in [0.15, 0.2) is 0 Å². The molecule has 0 fully saturated rings. The molecule has 8 nitrogen and oxygen atoms in total. The predicted octanol–water partition coefficient (Wildman–Crippen LogP) is 3.07. The van der Waals surface area contributed by atoms with Crippen LogP contribution >= 0.6 is 0 Å². The summed E-state index contributed by atoms with van der Waals surface area (Å²) < 4.78 is 22.5. The number of ether oxygens (including phenoxy) is 4. The fourth-order valence-corrected chi connectivity index (χ4v) is 4.06. The van der Waals surface area contributed by atoms with Gasteiger partial charge in [-0.1, -0.05) is 72.8 Å². The molecule has 0 saturated carbocycles. The third-order valence-corrected chi connectivity index (χ3v) is 5.75. The van der Waals surface area contributed by atoms with Crippen LogP contribution in [0.3, 0.4) is 0 Å². The third-order valence-electron chi connectivity index (χ3n) is 5.75. The van der Waals surface area contributed by atoms with E-state index in [4.69, 9.17) is 18.9 Å². The van der Waals surface area contributed by atoms with Gasteiger partial charge in [-0.25, -0.2) is 0 Å². The maximum atomic E-state index is 12.0. The molecule has 35 heavy (non-hydrogen) atoms. The fourth-order valence-electron chi connectivity index (χ4n) is 4.06. The second-order valence-electron chi connectivity index (χ2n) is 8.37. The number of rotatable bonds is 13. The number of aliphatic hydroxyl groups excluding tert-OH is 1. The van der Waals surface area contributed by atoms with Crippen LogP contribution in [-0.4, -0.2) is 49.0 Å². The minimum absolute atomic E-state index is 0.0713. The molecule has 1 aliphatic carbocycles. The fraction of sp³-hybridized carbons (Fsp3) is 0.407. The first-order valence-corrected chi connectivity index (χ1v) is 11.5. The summed E-state index contributed by atoms with van der Waals surface area (Å²) >= 11 is 0. The average Bonchev–Trinajstić information content (AvgIpc) is 2.87. The van der Waals surface area contributed by atoms with E-state index in [-0.39, 0.29) is 26.1 Å². The van der Waals surface area contributed by atoms with E-state index >= 15 is 0 Å². The average molecular weight is 481 g/mol. The van der Waals surface area contributed by atoms with Crippen LogP contribution in [0.15, 0.2) is 72.8 Å². The molecule has 0 unspecified atom stereocenters. The number of aliphatic hydroxyl groups is 1. The number of carbonyl (C=O) groups is 1. The van der Waals surface area contributed by atoms with E-state index in [0.29, 0.717) is 19.6 Å². The number of hydrogen-bond donors (Lipinski definition) is 2. The molecule has 0 saturated heterocycles. The summed E-state index contributed by atoms with van der Waals surface area (Å²) in [4.78, 5) is 12.0. The van der Waals surface area contributed by atoms with Crippen LogP contribution in [0, 0.1) is 17.2 Å². The number of nitrogens with one attached hydrogen (secondary N) is 1. The SMILES string of the molecule is CC(=O)N[C@@]1(CCOCOCc2ccccc2)C=C[C@@H](O)[C@H](OCOCc2ccccc2)[C@@H]1C#N. The molecular weight excluding hydrogens is 448 g/mol. The van der Waals surface area contributed by atoms with Crippen LogP contribution in [0.5, 0.6) is 0 Å². The van der Waals surface area contributed by atoms with Crippen molar-refractivity contribution in [1.82, 2.24) is 5.32 Å². The van der Waals surface area contributed by atoms with Gasteiger partial charge in [0, 0.05) is 6.92 Å². The molecule has 4 atom stereocenters. The van der Waals surface area contributed by atoms with E-state index in [0.717, 1.165) is 11.1 Å². The predicted molar refractivity (Wildman–Crippen MR) is 128 cm³/mol. The second-order valence-corrected chi connectivity index (χ2v) is 8.37. The Hall–Kier alpha value is -3.06. The van der Waals surface area contributed by atoms with E-state index in [2.05, 4.69) is 11.4 Å². The molecule has 0 heterocycles. The Morgan fingerprint density at radius 1 is 1.00 bits per heavy atom. The van der Waals surface area contributed by atoms with Crippen molar-refractivity contribution in [1.29, 1.82) is 5.26 Å². The van der Waals surface area contributed by atoms with Gasteiger partial charge in [0.05, 0.1) is 37.5 Å². The molecule has 0 aliphatic heterocycles. The molecule has 186 valence electrons. The van der Waals surface area contributed by atoms with Gasteiger partial charge in [0.2, 0.25) is 5.91 Å². The van der Waals surface area contributed by atoms with Gasteiger partial charge >= 0.3 is 0 Å². The second kappa shape index (κ2) is 13.7. The molecule has 0 spiro atoms. The van der Waals surface area contributed by atoms with E-state index < -0.39 is 23.7 Å². The molecule has 1 amide bonds. The van der Waals surface area contributed by atoms with Gasteiger partial charge in [-0.15, -0.1) is 0 Å². The quantitative estimate of drug-likeness (QED) is 0.258. The summed E-state index contributed by atoms with van der Waals surface area (Å²) in [5, 5.41) is 23.4. The summed E-state index contributed by atoms with van der Waals surface area (Å²) in [7, 11) is 0. The summed E-state index contributed by atoms with van der Waals surface area (Å²) in [6.45, 7) is 2.33. The Morgan fingerprint density at radius 2 is 1.60 bits per heavy atom. The summed E-state index contributed by atoms with van der Waals surface area (Å²) in [6.07, 6.45) is 1.59. The van der Waals surface area contributed by atoms with Crippen molar-refractivity contribution in [2.45, 2.75) is 44.3 Å². The zero-order valence-electron chi connectivity index (χ0n) is 19.8. The van der Waals surface area contributed by atoms with E-state index in [1.54, 1.807) is 6.08 Å². The highest BCUT2D eigenvalue weighted by Crippen LogP contribution is 2.34. The molecule has 2 aromatic carbocycles. The first-order chi connectivity index (χ1) is 17.0. The monoisotopic (exact) mass is 480 g/mol. The highest BCUT2D eigenvalue weighted by Gasteiger charge is 2.48. The first kappa shape index (κ1) is 26.5. The first-order valence-electron chi connectivity index (χ1n) is 11.5. The van der Waals surface area contributed by atoms with Crippen LogP contribution in [-0.2, 0) is 37.0 Å². The molecule has 1 aliphatic rings. The molecule has 3 rings (SSSR count). The van der Waals surface area contributed by atoms with E-state index in [1.165, 1.54) is 13.0 Å². The number of benzene rings is 2. The smallest absolute Gasteiger partial charge is 0.217 e. The zero-order valence-corrected chi connectivity index (χ0v) is 19.8. The number of carbonyl (C=O) groups excluding carboxylic acids is 1. The molecule has 8 heteroatoms. The Morgan fingerprint density at radius 3 is 2.17 bits per heavy atom. The van der Waals surface area contributed by atoms with Gasteiger partial charge in [0.25, 0.3) is 0 Å². The van der Waals surface area contributed by atoms with Gasteiger partial charge in [0.1, 0.15) is 25.6 Å². The number of hydrogen-bond acceptors (Lipinski definition) is 7. The molecule has 0 bridgehead atoms. The highest BCUT2D eigenvalue weighted by molar-refractivity contribution is 5.74. The van der Waals surface area contributed by atoms with Crippen LogP contribution < -0.4 is 5.32 Å². The molecule has 2 aromatic rings. The molecular formula is C27H32N2O6. The van der Waals surface area contributed by atoms with Crippen molar-refractivity contribution in [2.75, 3.05) is 20.2 Å². The lowest BCUT2D eigenvalue weighted by atomic mass is 9.73. The van der Waals surface area contributed by atoms with Crippen molar-refractivity contribution >= 4 is 5.91 Å². The Labute approximate surface area is 206 Å². The minimum atomic E-state index is -1.07. The van der Waals surface area contributed by atoms with Gasteiger partial charge in [-0.2, -0.15) is 5.26 Å². The lowest BCUT2D eigenvalue weighted by Crippen LogP contribution is -2.60. The minimum Gasteiger partial charge on any atom is -0.386 e. The lowest BCUT2D eigenvalue weighted by Gasteiger charge is -2.43. The number of nitriles is 1. The van der Waals surface area contributed by atoms with Gasteiger partial charge in [-0.05, 0) is 17.5 Å². The molecule has 2 N–H and O–H groups in total. The van der Waals surface area contributed by atoms with E-state index in [9.17, 15) is 15.2 Å². The third kappa shape index (κ3) is 7.99. The normalized spacial score (nSPS) is 23.5. The van der Waals surface area contributed by atoms with Crippen LogP contribution in [0.1, 0.15) is 24.5 Å². The standard InChI is InChI=1S/C27H32N2O6/c1-21(30)29-27(14-15-32-19-33-17-22-8-4-2-5-9-22)13-12-25(31)26(24(27)16-28)35-20-34-18-23-10-6-3-7-11-23/h2-13,24-26,31H,14-15,17-20H2,1H3,(H,29,30)/t24-,25+,26+,27+/m0/s1. The summed E-state index contributed by atoms with van der Waals surface area (Å²) in [6, 6.07) is 21.6. The van der Waals surface area contributed by atoms with Crippen LogP contribution in [0.4, 0.5) is 0 Å². The maximum Gasteiger partial charge on any atom is 0.217 e. The van der Waals surface area contributed by atoms with Crippen molar-refractivity contribution in [3.05, 3.63) is 83.9 Å². The number of nitrogens with zero attached hydrogens (tertiary/aromatic N) is 1. The largest absolute Gasteiger partial charge is 0.386 e. The van der Waals surface area contributed by atoms with Gasteiger partial charge < -0.3 is 29.4 Å². The van der Waals surface area contributed by atoms with Crippen molar-refractivity contribution < 1.29 is 28.8 Å². The maximum absolute atomic E-state index is 12.0.